The summed E-state index contributed by atoms with van der Waals surface area (Å²) in [6.45, 7) is 1.98. The Kier molecular flexibility index (Phi) is 4.57. The number of carbonyl (C=O) groups is 1. The lowest BCUT2D eigenvalue weighted by Gasteiger charge is -2.23. The van der Waals surface area contributed by atoms with Crippen LogP contribution in [0.2, 0.25) is 0 Å². The summed E-state index contributed by atoms with van der Waals surface area (Å²) < 4.78 is 10.3. The van der Waals surface area contributed by atoms with Crippen LogP contribution >= 0.6 is 0 Å². The number of hydrogen-bond acceptors (Lipinski definition) is 4. The highest BCUT2D eigenvalue weighted by Crippen LogP contribution is 2.39. The van der Waals surface area contributed by atoms with E-state index in [1.807, 2.05) is 0 Å². The molecule has 2 rings (SSSR count). The average Bonchev–Trinajstić information content (AvgIpc) is 3.30. The van der Waals surface area contributed by atoms with Gasteiger partial charge in [0.1, 0.15) is 0 Å². The van der Waals surface area contributed by atoms with Crippen LogP contribution in [-0.2, 0) is 0 Å². The molecule has 116 valence electrons. The molecule has 0 unspecified atom stereocenters. The van der Waals surface area contributed by atoms with Crippen molar-refractivity contribution in [3.63, 3.8) is 0 Å². The molecule has 6 nitrogen and oxygen atoms in total. The first-order valence-electron chi connectivity index (χ1n) is 6.95. The second kappa shape index (κ2) is 6.22. The summed E-state index contributed by atoms with van der Waals surface area (Å²) in [7, 11) is 3.09. The molecule has 1 saturated carbocycles. The fourth-order valence-electron chi connectivity index (χ4n) is 2.20. The SMILES string of the molecule is COc1ccc(NC(=O)NC[C@](C)(O)C2CC2)cc1OC. The van der Waals surface area contributed by atoms with Gasteiger partial charge in [0, 0.05) is 18.3 Å². The van der Waals surface area contributed by atoms with Crippen LogP contribution < -0.4 is 20.1 Å². The Labute approximate surface area is 124 Å². The highest BCUT2D eigenvalue weighted by Gasteiger charge is 2.39. The standard InChI is InChI=1S/C15H22N2O4/c1-15(19,10-4-5-10)9-16-14(18)17-11-6-7-12(20-2)13(8-11)21-3/h6-8,10,19H,4-5,9H2,1-3H3,(H2,16,17,18)/t15-/m0/s1. The van der Waals surface area contributed by atoms with Gasteiger partial charge in [-0.2, -0.15) is 0 Å². The molecule has 0 spiro atoms. The number of anilines is 1. The maximum Gasteiger partial charge on any atom is 0.319 e. The first kappa shape index (κ1) is 15.4. The highest BCUT2D eigenvalue weighted by atomic mass is 16.5. The van der Waals surface area contributed by atoms with Gasteiger partial charge >= 0.3 is 6.03 Å². The largest absolute Gasteiger partial charge is 0.493 e. The summed E-state index contributed by atoms with van der Waals surface area (Å²) in [5.41, 5.74) is -0.245. The van der Waals surface area contributed by atoms with Gasteiger partial charge in [0.05, 0.1) is 19.8 Å². The van der Waals surface area contributed by atoms with Crippen molar-refractivity contribution >= 4 is 11.7 Å². The number of urea groups is 1. The third-order valence-corrected chi connectivity index (χ3v) is 3.71. The average molecular weight is 294 g/mol. The van der Waals surface area contributed by atoms with Crippen LogP contribution in [0.25, 0.3) is 0 Å². The van der Waals surface area contributed by atoms with Crippen LogP contribution in [0.1, 0.15) is 19.8 Å². The summed E-state index contributed by atoms with van der Waals surface area (Å²) in [6.07, 6.45) is 2.04. The Hall–Kier alpha value is -1.95. The smallest absolute Gasteiger partial charge is 0.319 e. The Morgan fingerprint density at radius 2 is 2.00 bits per heavy atom. The summed E-state index contributed by atoms with van der Waals surface area (Å²) in [5.74, 6) is 1.43. The number of methoxy groups -OCH3 is 2. The molecule has 0 heterocycles. The number of benzene rings is 1. The van der Waals surface area contributed by atoms with E-state index in [9.17, 15) is 9.90 Å². The number of ether oxygens (including phenoxy) is 2. The molecule has 6 heteroatoms. The molecule has 1 aromatic rings. The number of carbonyl (C=O) groups excluding carboxylic acids is 1. The minimum Gasteiger partial charge on any atom is -0.493 e. The predicted octanol–water partition coefficient (Wildman–Crippen LogP) is 1.99. The molecular weight excluding hydrogens is 272 g/mol. The van der Waals surface area contributed by atoms with Crippen molar-refractivity contribution in [1.82, 2.24) is 5.32 Å². The molecule has 21 heavy (non-hydrogen) atoms. The zero-order valence-corrected chi connectivity index (χ0v) is 12.6. The van der Waals surface area contributed by atoms with Gasteiger partial charge in [0.25, 0.3) is 0 Å². The normalized spacial score (nSPS) is 16.8. The minimum atomic E-state index is -0.838. The van der Waals surface area contributed by atoms with Crippen LogP contribution in [0.3, 0.4) is 0 Å². The van der Waals surface area contributed by atoms with Crippen LogP contribution in [0, 0.1) is 5.92 Å². The first-order valence-corrected chi connectivity index (χ1v) is 6.95. The quantitative estimate of drug-likeness (QED) is 0.749. The van der Waals surface area contributed by atoms with Crippen molar-refractivity contribution in [3.8, 4) is 11.5 Å². The van der Waals surface area contributed by atoms with Crippen molar-refractivity contribution in [3.05, 3.63) is 18.2 Å². The second-order valence-electron chi connectivity index (χ2n) is 5.51. The number of amides is 2. The van der Waals surface area contributed by atoms with Crippen molar-refractivity contribution in [2.45, 2.75) is 25.4 Å². The summed E-state index contributed by atoms with van der Waals surface area (Å²) in [4.78, 5) is 11.9. The van der Waals surface area contributed by atoms with E-state index in [1.54, 1.807) is 32.2 Å². The maximum atomic E-state index is 11.9. The number of rotatable bonds is 6. The lowest BCUT2D eigenvalue weighted by atomic mass is 10.0. The van der Waals surface area contributed by atoms with Gasteiger partial charge in [0.15, 0.2) is 11.5 Å². The van der Waals surface area contributed by atoms with E-state index in [4.69, 9.17) is 9.47 Å². The minimum absolute atomic E-state index is 0.233. The van der Waals surface area contributed by atoms with E-state index in [1.165, 1.54) is 7.11 Å². The van der Waals surface area contributed by atoms with E-state index in [0.717, 1.165) is 12.8 Å². The van der Waals surface area contributed by atoms with Gasteiger partial charge in [0.2, 0.25) is 0 Å². The number of hydrogen-bond donors (Lipinski definition) is 3. The molecular formula is C15H22N2O4. The summed E-state index contributed by atoms with van der Waals surface area (Å²) >= 11 is 0. The summed E-state index contributed by atoms with van der Waals surface area (Å²) in [6, 6.07) is 4.76. The van der Waals surface area contributed by atoms with Crippen molar-refractivity contribution < 1.29 is 19.4 Å². The molecule has 0 radical (unpaired) electrons. The third-order valence-electron chi connectivity index (χ3n) is 3.71. The summed E-state index contributed by atoms with van der Waals surface area (Å²) in [5, 5.41) is 15.5. The molecule has 1 aromatic carbocycles. The van der Waals surface area contributed by atoms with Gasteiger partial charge in [-0.05, 0) is 37.8 Å². The van der Waals surface area contributed by atoms with Crippen molar-refractivity contribution in [2.24, 2.45) is 5.92 Å². The number of aliphatic hydroxyl groups is 1. The highest BCUT2D eigenvalue weighted by molar-refractivity contribution is 5.89. The van der Waals surface area contributed by atoms with Crippen LogP contribution in [0.5, 0.6) is 11.5 Å². The van der Waals surface area contributed by atoms with Gasteiger partial charge in [-0.1, -0.05) is 0 Å². The van der Waals surface area contributed by atoms with E-state index >= 15 is 0 Å². The predicted molar refractivity (Wildman–Crippen MR) is 79.9 cm³/mol. The molecule has 1 aliphatic carbocycles. The Bertz CT molecular complexity index is 512. The van der Waals surface area contributed by atoms with E-state index in [-0.39, 0.29) is 12.6 Å². The monoisotopic (exact) mass is 294 g/mol. The van der Waals surface area contributed by atoms with Gasteiger partial charge < -0.3 is 25.2 Å². The molecule has 0 saturated heterocycles. The van der Waals surface area contributed by atoms with Gasteiger partial charge in [-0.25, -0.2) is 4.79 Å². The molecule has 1 aliphatic rings. The van der Waals surface area contributed by atoms with E-state index < -0.39 is 5.60 Å². The molecule has 0 aliphatic heterocycles. The Morgan fingerprint density at radius 3 is 2.57 bits per heavy atom. The van der Waals surface area contributed by atoms with Crippen molar-refractivity contribution in [2.75, 3.05) is 26.1 Å². The Morgan fingerprint density at radius 1 is 1.33 bits per heavy atom. The van der Waals surface area contributed by atoms with E-state index in [2.05, 4.69) is 10.6 Å². The molecule has 1 atom stereocenters. The van der Waals surface area contributed by atoms with Gasteiger partial charge in [-0.3, -0.25) is 0 Å². The molecule has 0 bridgehead atoms. The van der Waals surface area contributed by atoms with Crippen LogP contribution in [-0.4, -0.2) is 37.5 Å². The van der Waals surface area contributed by atoms with Crippen LogP contribution in [0.15, 0.2) is 18.2 Å². The van der Waals surface area contributed by atoms with E-state index in [0.29, 0.717) is 23.1 Å². The second-order valence-corrected chi connectivity index (χ2v) is 5.51. The Balaban J connectivity index is 1.90. The topological polar surface area (TPSA) is 79.8 Å². The molecule has 3 N–H and O–H groups in total. The maximum absolute atomic E-state index is 11.9. The van der Waals surface area contributed by atoms with Gasteiger partial charge in [-0.15, -0.1) is 0 Å². The third kappa shape index (κ3) is 4.01. The lowest BCUT2D eigenvalue weighted by Crippen LogP contribution is -2.43. The lowest BCUT2D eigenvalue weighted by molar-refractivity contribution is 0.0398. The van der Waals surface area contributed by atoms with Crippen molar-refractivity contribution in [1.29, 1.82) is 0 Å². The zero-order valence-electron chi connectivity index (χ0n) is 12.6. The fourth-order valence-corrected chi connectivity index (χ4v) is 2.20. The first-order chi connectivity index (χ1) is 9.96. The van der Waals surface area contributed by atoms with Crippen LogP contribution in [0.4, 0.5) is 10.5 Å². The zero-order chi connectivity index (χ0) is 15.5. The molecule has 1 fully saturated rings. The number of nitrogens with one attached hydrogen (secondary N) is 2. The fraction of sp³-hybridized carbons (Fsp3) is 0.533. The molecule has 0 aromatic heterocycles. The molecule has 2 amide bonds.